The van der Waals surface area contributed by atoms with E-state index in [0.29, 0.717) is 16.5 Å². The van der Waals surface area contributed by atoms with Crippen LogP contribution in [0.2, 0.25) is 10.0 Å². The van der Waals surface area contributed by atoms with Crippen molar-refractivity contribution >= 4 is 74.4 Å². The van der Waals surface area contributed by atoms with Gasteiger partial charge in [0.05, 0.1) is 29.7 Å². The van der Waals surface area contributed by atoms with Gasteiger partial charge in [-0.15, -0.1) is 0 Å². The highest BCUT2D eigenvalue weighted by Gasteiger charge is 2.41. The van der Waals surface area contributed by atoms with Gasteiger partial charge < -0.3 is 25.0 Å². The van der Waals surface area contributed by atoms with Crippen LogP contribution in [0.5, 0.6) is 0 Å². The number of nitrogens with zero attached hydrogens (tertiary/aromatic N) is 4. The molecule has 1 aromatic heterocycles. The van der Waals surface area contributed by atoms with Gasteiger partial charge in [-0.3, -0.25) is 24.0 Å². The van der Waals surface area contributed by atoms with Gasteiger partial charge in [-0.1, -0.05) is 59.6 Å². The highest BCUT2D eigenvalue weighted by molar-refractivity contribution is 7.69. The molecular weight excluding hydrogens is 843 g/mol. The summed E-state index contributed by atoms with van der Waals surface area (Å²) in [5.74, 6) is -4.84. The second-order valence-electron chi connectivity index (χ2n) is 14.3. The number of amides is 4. The number of aromatic nitrogens is 1. The number of rotatable bonds is 14. The Labute approximate surface area is 347 Å². The Morgan fingerprint density at radius 1 is 0.797 bits per heavy atom. The van der Waals surface area contributed by atoms with Gasteiger partial charge in [0, 0.05) is 66.3 Å². The number of likely N-dealkylation sites (tertiary alicyclic amines) is 2. The predicted molar refractivity (Wildman–Crippen MR) is 209 cm³/mol. The highest BCUT2D eigenvalue weighted by atomic mass is 35.5. The van der Waals surface area contributed by atoms with Crippen molar-refractivity contribution in [2.45, 2.75) is 70.4 Å². The maximum Gasteiger partial charge on any atom is 0.243 e. The van der Waals surface area contributed by atoms with E-state index in [2.05, 4.69) is 10.6 Å². The zero-order valence-electron chi connectivity index (χ0n) is 31.3. The van der Waals surface area contributed by atoms with Crippen LogP contribution in [-0.2, 0) is 56.2 Å². The van der Waals surface area contributed by atoms with E-state index in [1.807, 2.05) is 0 Å². The molecule has 2 aliphatic heterocycles. The number of thiol groups is 1. The van der Waals surface area contributed by atoms with Crippen LogP contribution in [-0.4, -0.2) is 101 Å². The summed E-state index contributed by atoms with van der Waals surface area (Å²) in [6.45, 7) is -1.70. The molecule has 0 saturated carbocycles. The van der Waals surface area contributed by atoms with E-state index >= 15 is 0 Å². The Bertz CT molecular complexity index is 2390. The second kappa shape index (κ2) is 18.5. The van der Waals surface area contributed by atoms with Crippen LogP contribution in [0.25, 0.3) is 10.9 Å². The summed E-state index contributed by atoms with van der Waals surface area (Å²) in [5.41, 5.74) is 1.02. The summed E-state index contributed by atoms with van der Waals surface area (Å²) >= 11 is 11.6. The van der Waals surface area contributed by atoms with E-state index in [9.17, 15) is 50.0 Å². The topological polar surface area (TPSA) is 158 Å². The summed E-state index contributed by atoms with van der Waals surface area (Å²) < 4.78 is 85.2. The SMILES string of the molecule is CC(=O)c1cn(CC(=O)N2C[C@H](F)C[C@H]2C(=O)NCc2cccc(Cl)c2F)c2cc(CN(CC(=O)N3C[C@H](F)C[C@H]3C(=O)NCc3cccc(Cl)c3F)[SH](=O)=O)ccc12. The number of carbonyl (C=O) groups is 5. The van der Waals surface area contributed by atoms with Gasteiger partial charge in [0.1, 0.15) is 42.6 Å². The molecule has 2 aliphatic rings. The Morgan fingerprint density at radius 3 is 1.83 bits per heavy atom. The van der Waals surface area contributed by atoms with E-state index in [1.54, 1.807) is 0 Å². The lowest BCUT2D eigenvalue weighted by Gasteiger charge is -2.26. The van der Waals surface area contributed by atoms with Gasteiger partial charge in [-0.25, -0.2) is 26.0 Å². The van der Waals surface area contributed by atoms with Gasteiger partial charge in [0.25, 0.3) is 0 Å². The van der Waals surface area contributed by atoms with E-state index in [0.717, 1.165) is 14.1 Å². The number of hydrogen-bond acceptors (Lipinski definition) is 7. The summed E-state index contributed by atoms with van der Waals surface area (Å²) in [4.78, 5) is 68.0. The maximum atomic E-state index is 14.7. The molecule has 314 valence electrons. The van der Waals surface area contributed by atoms with Crippen molar-refractivity contribution in [1.82, 2.24) is 29.3 Å². The van der Waals surface area contributed by atoms with Crippen molar-refractivity contribution in [2.75, 3.05) is 19.6 Å². The minimum atomic E-state index is -3.42. The molecule has 6 rings (SSSR count). The summed E-state index contributed by atoms with van der Waals surface area (Å²) in [6.07, 6.45) is -2.36. The van der Waals surface area contributed by atoms with E-state index < -0.39 is 96.8 Å². The molecule has 4 aromatic rings. The van der Waals surface area contributed by atoms with Gasteiger partial charge in [0.15, 0.2) is 5.78 Å². The number of hydrogen-bond donors (Lipinski definition) is 3. The van der Waals surface area contributed by atoms with Crippen molar-refractivity contribution in [3.8, 4) is 0 Å². The zero-order chi connectivity index (χ0) is 42.7. The lowest BCUT2D eigenvalue weighted by molar-refractivity contribution is -0.139. The molecule has 3 heterocycles. The number of Topliss-reactive ketones (excluding diaryl/α,β-unsaturated/α-hetero) is 1. The van der Waals surface area contributed by atoms with Crippen molar-refractivity contribution in [3.05, 3.63) is 105 Å². The molecular formula is C39H38Cl2F4N6O7S. The number of halogens is 6. The fourth-order valence-electron chi connectivity index (χ4n) is 7.30. The highest BCUT2D eigenvalue weighted by Crippen LogP contribution is 2.28. The molecule has 2 fully saturated rings. The van der Waals surface area contributed by atoms with Crippen LogP contribution in [0.15, 0.2) is 60.8 Å². The average Bonchev–Trinajstić information content (AvgIpc) is 3.90. The summed E-state index contributed by atoms with van der Waals surface area (Å²) in [5, 5.41) is 5.11. The minimum absolute atomic E-state index is 0.0664. The smallest absolute Gasteiger partial charge is 0.243 e. The van der Waals surface area contributed by atoms with Crippen molar-refractivity contribution in [2.24, 2.45) is 0 Å². The predicted octanol–water partition coefficient (Wildman–Crippen LogP) is 4.27. The number of nitrogens with one attached hydrogen (secondary N) is 2. The monoisotopic (exact) mass is 880 g/mol. The molecule has 59 heavy (non-hydrogen) atoms. The van der Waals surface area contributed by atoms with E-state index in [1.165, 1.54) is 72.3 Å². The van der Waals surface area contributed by atoms with Gasteiger partial charge >= 0.3 is 0 Å². The number of carbonyl (C=O) groups excluding carboxylic acids is 5. The zero-order valence-corrected chi connectivity index (χ0v) is 33.7. The van der Waals surface area contributed by atoms with Crippen LogP contribution < -0.4 is 10.6 Å². The molecule has 0 radical (unpaired) electrons. The fraction of sp³-hybridized carbons (Fsp3) is 0.359. The average molecular weight is 882 g/mol. The first-order chi connectivity index (χ1) is 28.0. The molecule has 3 aromatic carbocycles. The number of ketones is 1. The molecule has 13 nitrogen and oxygen atoms in total. The molecule has 0 unspecified atom stereocenters. The van der Waals surface area contributed by atoms with Crippen LogP contribution >= 0.6 is 23.2 Å². The quantitative estimate of drug-likeness (QED) is 0.0971. The largest absolute Gasteiger partial charge is 0.350 e. The first kappa shape index (κ1) is 43.5. The normalized spacial score (nSPS) is 19.2. The maximum absolute atomic E-state index is 14.7. The molecule has 2 saturated heterocycles. The van der Waals surface area contributed by atoms with Crippen molar-refractivity contribution < 1.29 is 50.0 Å². The molecule has 4 atom stereocenters. The Kier molecular flexibility index (Phi) is 13.6. The van der Waals surface area contributed by atoms with E-state index in [-0.39, 0.29) is 65.0 Å². The van der Waals surface area contributed by atoms with Gasteiger partial charge in [-0.2, -0.15) is 4.31 Å². The molecule has 0 aliphatic carbocycles. The molecule has 0 bridgehead atoms. The molecule has 4 amide bonds. The second-order valence-corrected chi connectivity index (χ2v) is 16.1. The van der Waals surface area contributed by atoms with Crippen LogP contribution in [0.1, 0.15) is 46.8 Å². The Morgan fingerprint density at radius 2 is 1.32 bits per heavy atom. The minimum Gasteiger partial charge on any atom is -0.350 e. The summed E-state index contributed by atoms with van der Waals surface area (Å²) in [6, 6.07) is 10.5. The number of alkyl halides is 2. The standard InChI is InChI=1S/C39H38Cl2F4N6O7S/c1-21(52)28-18-48(19-34(53)50-16-25(42)11-32(50)38(55)46-13-23-4-2-6-29(40)36(23)44)31-10-22(8-9-27(28)31)15-49(59(57)58)20-35(54)51-17-26(43)12-33(51)39(56)47-14-24-5-3-7-30(41)37(24)45/h2-10,18,25-26,32-33,59H,11-17,19-20H2,1H3,(H,46,55)(H,47,56)/t25-,26-,32+,33+/m1/s1. The molecule has 20 heteroatoms. The molecule has 0 spiro atoms. The van der Waals surface area contributed by atoms with Crippen LogP contribution in [0, 0.1) is 11.6 Å². The third-order valence-corrected chi connectivity index (χ3v) is 11.6. The van der Waals surface area contributed by atoms with Crippen LogP contribution in [0.4, 0.5) is 17.6 Å². The first-order valence-electron chi connectivity index (χ1n) is 18.3. The van der Waals surface area contributed by atoms with Gasteiger partial charge in [-0.05, 0) is 30.7 Å². The van der Waals surface area contributed by atoms with Crippen molar-refractivity contribution in [3.63, 3.8) is 0 Å². The summed E-state index contributed by atoms with van der Waals surface area (Å²) in [7, 11) is -3.42. The lowest BCUT2D eigenvalue weighted by atomic mass is 10.1. The van der Waals surface area contributed by atoms with E-state index in [4.69, 9.17) is 23.2 Å². The lowest BCUT2D eigenvalue weighted by Crippen LogP contribution is -2.48. The number of fused-ring (bicyclic) bond motifs is 1. The van der Waals surface area contributed by atoms with Gasteiger partial charge in [0.2, 0.25) is 34.5 Å². The fourth-order valence-corrected chi connectivity index (χ4v) is 8.20. The third kappa shape index (κ3) is 9.88. The third-order valence-electron chi connectivity index (χ3n) is 10.3. The Balaban J connectivity index is 1.16. The first-order valence-corrected chi connectivity index (χ1v) is 20.2. The Hall–Kier alpha value is -5.04. The molecule has 2 N–H and O–H groups in total. The number of benzene rings is 3. The van der Waals surface area contributed by atoms with Crippen molar-refractivity contribution in [1.29, 1.82) is 0 Å². The van der Waals surface area contributed by atoms with Crippen LogP contribution in [0.3, 0.4) is 0 Å².